The van der Waals surface area contributed by atoms with Gasteiger partial charge in [-0.15, -0.1) is 0 Å². The standard InChI is InChI=1S/C33H39FN4O3/c1-4-28(24-12-8-7-9-13-24)32(40)38-19-11-18-37(20-21-38)30-17-16-27(23-29(30)33(41)36(5-2)6-3)35-31(39)25-14-10-15-26(34)22-25/h7-10,12-17,22-23,28H,4-6,11,18-21H2,1-3H3,(H,35,39)/t28-/m1/s1. The molecular weight excluding hydrogens is 519 g/mol. The van der Waals surface area contributed by atoms with E-state index < -0.39 is 11.7 Å². The highest BCUT2D eigenvalue weighted by Gasteiger charge is 2.28. The first-order valence-corrected chi connectivity index (χ1v) is 14.4. The van der Waals surface area contributed by atoms with Crippen LogP contribution in [0.25, 0.3) is 0 Å². The van der Waals surface area contributed by atoms with Crippen LogP contribution in [0.3, 0.4) is 0 Å². The number of amides is 3. The third-order valence-electron chi connectivity index (χ3n) is 7.68. The average molecular weight is 559 g/mol. The van der Waals surface area contributed by atoms with Crippen molar-refractivity contribution in [3.8, 4) is 0 Å². The molecule has 4 rings (SSSR count). The molecule has 3 aromatic carbocycles. The normalized spacial score (nSPS) is 14.2. The van der Waals surface area contributed by atoms with Gasteiger partial charge in [-0.3, -0.25) is 14.4 Å². The predicted molar refractivity (Wildman–Crippen MR) is 161 cm³/mol. The number of carbonyl (C=O) groups excluding carboxylic acids is 3. The molecule has 41 heavy (non-hydrogen) atoms. The molecule has 0 bridgehead atoms. The van der Waals surface area contributed by atoms with Crippen molar-refractivity contribution < 1.29 is 18.8 Å². The van der Waals surface area contributed by atoms with Gasteiger partial charge in [-0.25, -0.2) is 4.39 Å². The van der Waals surface area contributed by atoms with Gasteiger partial charge in [0.2, 0.25) is 5.91 Å². The number of halogens is 1. The maximum absolute atomic E-state index is 13.7. The van der Waals surface area contributed by atoms with Crippen LogP contribution >= 0.6 is 0 Å². The summed E-state index contributed by atoms with van der Waals surface area (Å²) in [6.07, 6.45) is 1.50. The van der Waals surface area contributed by atoms with E-state index in [0.717, 1.165) is 24.1 Å². The number of hydrogen-bond donors (Lipinski definition) is 1. The van der Waals surface area contributed by atoms with Gasteiger partial charge in [0.15, 0.2) is 0 Å². The van der Waals surface area contributed by atoms with Crippen molar-refractivity contribution in [2.24, 2.45) is 0 Å². The van der Waals surface area contributed by atoms with Crippen LogP contribution in [-0.2, 0) is 4.79 Å². The summed E-state index contributed by atoms with van der Waals surface area (Å²) in [4.78, 5) is 45.8. The van der Waals surface area contributed by atoms with Crippen molar-refractivity contribution in [1.29, 1.82) is 0 Å². The molecule has 1 aliphatic heterocycles. The zero-order valence-electron chi connectivity index (χ0n) is 24.1. The van der Waals surface area contributed by atoms with Gasteiger partial charge < -0.3 is 20.0 Å². The lowest BCUT2D eigenvalue weighted by molar-refractivity contribution is -0.132. The van der Waals surface area contributed by atoms with Gasteiger partial charge in [0.1, 0.15) is 5.82 Å². The Bertz CT molecular complexity index is 1360. The van der Waals surface area contributed by atoms with Gasteiger partial charge in [0, 0.05) is 56.2 Å². The SMILES string of the molecule is CC[C@@H](C(=O)N1CCCN(c2ccc(NC(=O)c3cccc(F)c3)cc2C(=O)N(CC)CC)CC1)c1ccccc1. The molecule has 0 aromatic heterocycles. The molecule has 3 amide bonds. The van der Waals surface area contributed by atoms with Crippen molar-refractivity contribution in [3.63, 3.8) is 0 Å². The van der Waals surface area contributed by atoms with Crippen LogP contribution in [0.15, 0.2) is 72.8 Å². The van der Waals surface area contributed by atoms with Crippen LogP contribution in [0.1, 0.15) is 65.8 Å². The van der Waals surface area contributed by atoms with Crippen molar-refractivity contribution in [3.05, 3.63) is 95.3 Å². The third-order valence-corrected chi connectivity index (χ3v) is 7.68. The molecule has 0 unspecified atom stereocenters. The average Bonchev–Trinajstić information content (AvgIpc) is 3.25. The van der Waals surface area contributed by atoms with Crippen LogP contribution in [0, 0.1) is 5.82 Å². The van der Waals surface area contributed by atoms with Gasteiger partial charge in [0.25, 0.3) is 11.8 Å². The van der Waals surface area contributed by atoms with Crippen molar-refractivity contribution in [1.82, 2.24) is 9.80 Å². The number of hydrogen-bond acceptors (Lipinski definition) is 4. The molecule has 0 saturated carbocycles. The monoisotopic (exact) mass is 558 g/mol. The van der Waals surface area contributed by atoms with E-state index in [-0.39, 0.29) is 23.3 Å². The van der Waals surface area contributed by atoms with Gasteiger partial charge in [-0.2, -0.15) is 0 Å². The van der Waals surface area contributed by atoms with Crippen molar-refractivity contribution in [2.75, 3.05) is 49.5 Å². The van der Waals surface area contributed by atoms with Crippen LogP contribution in [-0.4, -0.2) is 66.8 Å². The second-order valence-electron chi connectivity index (χ2n) is 10.2. The van der Waals surface area contributed by atoms with Gasteiger partial charge >= 0.3 is 0 Å². The molecule has 0 spiro atoms. The predicted octanol–water partition coefficient (Wildman–Crippen LogP) is 5.79. The molecular formula is C33H39FN4O3. The summed E-state index contributed by atoms with van der Waals surface area (Å²) in [6.45, 7) is 9.50. The summed E-state index contributed by atoms with van der Waals surface area (Å²) < 4.78 is 13.7. The maximum Gasteiger partial charge on any atom is 0.256 e. The molecule has 1 saturated heterocycles. The van der Waals surface area contributed by atoms with Gasteiger partial charge in [0.05, 0.1) is 11.5 Å². The Morgan fingerprint density at radius 3 is 2.32 bits per heavy atom. The topological polar surface area (TPSA) is 73.0 Å². The third kappa shape index (κ3) is 7.12. The smallest absolute Gasteiger partial charge is 0.256 e. The Morgan fingerprint density at radius 1 is 0.878 bits per heavy atom. The zero-order chi connectivity index (χ0) is 29.4. The molecule has 0 radical (unpaired) electrons. The Kier molecular flexibility index (Phi) is 10.1. The quantitative estimate of drug-likeness (QED) is 0.361. The number of benzene rings is 3. The highest BCUT2D eigenvalue weighted by atomic mass is 19.1. The van der Waals surface area contributed by atoms with E-state index in [0.29, 0.717) is 50.5 Å². The lowest BCUT2D eigenvalue weighted by Gasteiger charge is -2.29. The second kappa shape index (κ2) is 13.9. The summed E-state index contributed by atoms with van der Waals surface area (Å²) in [7, 11) is 0. The van der Waals surface area contributed by atoms with E-state index >= 15 is 0 Å². The minimum Gasteiger partial charge on any atom is -0.369 e. The van der Waals surface area contributed by atoms with Crippen LogP contribution in [0.5, 0.6) is 0 Å². The number of carbonyl (C=O) groups is 3. The minimum atomic E-state index is -0.492. The fraction of sp³-hybridized carbons (Fsp3) is 0.364. The largest absolute Gasteiger partial charge is 0.369 e. The molecule has 0 aliphatic carbocycles. The second-order valence-corrected chi connectivity index (χ2v) is 10.2. The molecule has 7 nitrogen and oxygen atoms in total. The minimum absolute atomic E-state index is 0.126. The molecule has 216 valence electrons. The van der Waals surface area contributed by atoms with Crippen molar-refractivity contribution in [2.45, 2.75) is 39.5 Å². The summed E-state index contributed by atoms with van der Waals surface area (Å²) in [5.74, 6) is -1.11. The lowest BCUT2D eigenvalue weighted by Crippen LogP contribution is -2.38. The van der Waals surface area contributed by atoms with Crippen molar-refractivity contribution >= 4 is 29.1 Å². The van der Waals surface area contributed by atoms with E-state index in [9.17, 15) is 18.8 Å². The molecule has 1 N–H and O–H groups in total. The summed E-state index contributed by atoms with van der Waals surface area (Å²) in [6, 6.07) is 20.7. The number of nitrogens with zero attached hydrogens (tertiary/aromatic N) is 3. The number of nitrogens with one attached hydrogen (secondary N) is 1. The first-order chi connectivity index (χ1) is 19.9. The molecule has 1 fully saturated rings. The summed E-state index contributed by atoms with van der Waals surface area (Å²) in [5, 5.41) is 2.81. The molecule has 1 heterocycles. The van der Waals surface area contributed by atoms with Crippen LogP contribution < -0.4 is 10.2 Å². The fourth-order valence-corrected chi connectivity index (χ4v) is 5.41. The highest BCUT2D eigenvalue weighted by Crippen LogP contribution is 2.29. The van der Waals surface area contributed by atoms with E-state index in [2.05, 4.69) is 10.2 Å². The Morgan fingerprint density at radius 2 is 1.63 bits per heavy atom. The Balaban J connectivity index is 1.57. The van der Waals surface area contributed by atoms with E-state index in [1.807, 2.05) is 62.1 Å². The molecule has 8 heteroatoms. The van der Waals surface area contributed by atoms with E-state index in [1.165, 1.54) is 18.2 Å². The first-order valence-electron chi connectivity index (χ1n) is 14.4. The summed E-state index contributed by atoms with van der Waals surface area (Å²) in [5.41, 5.74) is 2.95. The molecule has 3 aromatic rings. The zero-order valence-corrected chi connectivity index (χ0v) is 24.1. The first kappa shape index (κ1) is 29.8. The van der Waals surface area contributed by atoms with Crippen LogP contribution in [0.4, 0.5) is 15.8 Å². The number of rotatable bonds is 9. The Labute approximate surface area is 241 Å². The lowest BCUT2D eigenvalue weighted by atomic mass is 9.95. The number of anilines is 2. The molecule has 1 aliphatic rings. The summed E-state index contributed by atoms with van der Waals surface area (Å²) >= 11 is 0. The Hall–Kier alpha value is -4.20. The van der Waals surface area contributed by atoms with E-state index in [4.69, 9.17) is 0 Å². The molecule has 1 atom stereocenters. The van der Waals surface area contributed by atoms with E-state index in [1.54, 1.807) is 23.1 Å². The highest BCUT2D eigenvalue weighted by molar-refractivity contribution is 6.06. The fourth-order valence-electron chi connectivity index (χ4n) is 5.41. The van der Waals surface area contributed by atoms with Crippen LogP contribution in [0.2, 0.25) is 0 Å². The van der Waals surface area contributed by atoms with Gasteiger partial charge in [-0.1, -0.05) is 43.3 Å². The van der Waals surface area contributed by atoms with Gasteiger partial charge in [-0.05, 0) is 68.7 Å². The maximum atomic E-state index is 13.7.